The molecule has 0 amide bonds. The molecule has 29 heavy (non-hydrogen) atoms. The van der Waals surface area contributed by atoms with Crippen LogP contribution in [0.5, 0.6) is 0 Å². The van der Waals surface area contributed by atoms with Crippen molar-refractivity contribution in [2.75, 3.05) is 7.11 Å². The van der Waals surface area contributed by atoms with Gasteiger partial charge < -0.3 is 0 Å². The Kier molecular flexibility index (Phi) is 12.2. The molecule has 0 fully saturated rings. The fourth-order valence-electron chi connectivity index (χ4n) is 4.92. The van der Waals surface area contributed by atoms with E-state index in [1.54, 1.807) is 0 Å². The van der Waals surface area contributed by atoms with E-state index >= 15 is 0 Å². The van der Waals surface area contributed by atoms with Crippen LogP contribution in [-0.2, 0) is 14.9 Å². The Bertz CT molecular complexity index is 589. The average molecular weight is 507 g/mol. The molecule has 0 aromatic heterocycles. The third-order valence-electron chi connectivity index (χ3n) is 6.50. The molecule has 0 aliphatic carbocycles. The first-order valence-corrected chi connectivity index (χ1v) is 19.7. The molecule has 0 spiro atoms. The van der Waals surface area contributed by atoms with E-state index in [1.165, 1.54) is 68.9 Å². The Morgan fingerprint density at radius 2 is 1.45 bits per heavy atom. The summed E-state index contributed by atoms with van der Waals surface area (Å²) in [6, 6.07) is 10.9. The van der Waals surface area contributed by atoms with Gasteiger partial charge in [0.15, 0.2) is 0 Å². The number of esters is 1. The van der Waals surface area contributed by atoms with Crippen molar-refractivity contribution >= 4 is 24.3 Å². The van der Waals surface area contributed by atoms with Gasteiger partial charge in [-0.2, -0.15) is 0 Å². The van der Waals surface area contributed by atoms with Gasteiger partial charge in [-0.3, -0.25) is 0 Å². The van der Waals surface area contributed by atoms with Gasteiger partial charge >= 0.3 is 185 Å². The van der Waals surface area contributed by atoms with Crippen molar-refractivity contribution < 1.29 is 9.53 Å². The zero-order valence-corrected chi connectivity index (χ0v) is 22.5. The van der Waals surface area contributed by atoms with Crippen LogP contribution < -0.4 is 0 Å². The molecule has 0 saturated carbocycles. The van der Waals surface area contributed by atoms with Gasteiger partial charge in [-0.05, 0) is 0 Å². The first kappa shape index (κ1) is 26.3. The standard InChI is InChI=1S/C14H17O2.3C4H9.Sn/c1-11(13(15)16-4)10-14(2,3)12-8-6-5-7-9-12;3*1-3-4-2;/h5-9H,1-2,10H2,3-4H3;3*1,3-4H2,2H3;. The summed E-state index contributed by atoms with van der Waals surface area (Å²) >= 11 is -2.41. The summed E-state index contributed by atoms with van der Waals surface area (Å²) in [5.74, 6) is -0.261. The number of carbonyl (C=O) groups excluding carboxylic acids is 1. The first-order valence-electron chi connectivity index (χ1n) is 11.7. The summed E-state index contributed by atoms with van der Waals surface area (Å²) in [6.45, 7) is 13.5. The van der Waals surface area contributed by atoms with Gasteiger partial charge in [0.05, 0.1) is 0 Å². The number of hydrogen-bond acceptors (Lipinski definition) is 2. The molecule has 0 aliphatic rings. The topological polar surface area (TPSA) is 26.3 Å². The van der Waals surface area contributed by atoms with Crippen molar-refractivity contribution in [2.24, 2.45) is 0 Å². The van der Waals surface area contributed by atoms with Crippen LogP contribution in [0.1, 0.15) is 78.2 Å². The van der Waals surface area contributed by atoms with Gasteiger partial charge in [0, 0.05) is 0 Å². The zero-order chi connectivity index (χ0) is 21.8. The van der Waals surface area contributed by atoms with Crippen molar-refractivity contribution in [1.29, 1.82) is 0 Å². The van der Waals surface area contributed by atoms with Crippen LogP contribution in [0, 0.1) is 0 Å². The van der Waals surface area contributed by atoms with E-state index in [0.717, 1.165) is 0 Å². The molecule has 3 heteroatoms. The number of benzene rings is 1. The summed E-state index contributed by atoms with van der Waals surface area (Å²) in [6.07, 6.45) is 8.66. The van der Waals surface area contributed by atoms with E-state index in [0.29, 0.717) is 12.0 Å². The Balaban J connectivity index is 3.33. The first-order chi connectivity index (χ1) is 13.9. The Morgan fingerprint density at radius 3 is 1.86 bits per heavy atom. The maximum absolute atomic E-state index is 12.2. The molecule has 1 aromatic carbocycles. The molecular formula is C26H44O2Sn. The van der Waals surface area contributed by atoms with E-state index in [9.17, 15) is 4.79 Å². The molecule has 0 N–H and O–H groups in total. The molecule has 1 rings (SSSR count). The Labute approximate surface area is 184 Å². The van der Waals surface area contributed by atoms with E-state index in [1.807, 2.05) is 0 Å². The van der Waals surface area contributed by atoms with Crippen molar-refractivity contribution in [2.45, 2.75) is 95.8 Å². The van der Waals surface area contributed by atoms with Gasteiger partial charge in [0.2, 0.25) is 0 Å². The van der Waals surface area contributed by atoms with Gasteiger partial charge in [-0.1, -0.05) is 0 Å². The van der Waals surface area contributed by atoms with E-state index in [4.69, 9.17) is 4.74 Å². The van der Waals surface area contributed by atoms with Gasteiger partial charge in [-0.15, -0.1) is 0 Å². The van der Waals surface area contributed by atoms with Crippen molar-refractivity contribution in [3.05, 3.63) is 48.0 Å². The molecule has 1 aromatic rings. The summed E-state index contributed by atoms with van der Waals surface area (Å²) in [4.78, 5) is 12.2. The van der Waals surface area contributed by atoms with Crippen molar-refractivity contribution in [3.8, 4) is 0 Å². The van der Waals surface area contributed by atoms with Crippen LogP contribution in [0.25, 0.3) is 0 Å². The van der Waals surface area contributed by atoms with Crippen molar-refractivity contribution in [3.63, 3.8) is 0 Å². The molecular weight excluding hydrogens is 463 g/mol. The Hall–Kier alpha value is -0.771. The monoisotopic (exact) mass is 508 g/mol. The molecule has 0 heterocycles. The molecule has 0 saturated heterocycles. The van der Waals surface area contributed by atoms with Gasteiger partial charge in [-0.25, -0.2) is 0 Å². The van der Waals surface area contributed by atoms with E-state index < -0.39 is 18.4 Å². The molecule has 164 valence electrons. The minimum atomic E-state index is -2.41. The van der Waals surface area contributed by atoms with Crippen LogP contribution in [-0.4, -0.2) is 31.5 Å². The molecule has 0 bridgehead atoms. The third-order valence-corrected chi connectivity index (χ3v) is 23.0. The third kappa shape index (κ3) is 8.47. The van der Waals surface area contributed by atoms with E-state index in [-0.39, 0.29) is 11.4 Å². The maximum atomic E-state index is 12.2. The number of hydrogen-bond donors (Lipinski definition) is 0. The minimum absolute atomic E-state index is 0.0299. The molecule has 1 atom stereocenters. The second-order valence-electron chi connectivity index (χ2n) is 9.19. The number of rotatable bonds is 15. The fraction of sp³-hybridized carbons (Fsp3) is 0.654. The predicted molar refractivity (Wildman–Crippen MR) is 129 cm³/mol. The van der Waals surface area contributed by atoms with Crippen LogP contribution in [0.3, 0.4) is 0 Å². The summed E-state index contributed by atoms with van der Waals surface area (Å²) in [7, 11) is 1.46. The number of carbonyl (C=O) groups is 1. The second-order valence-corrected chi connectivity index (χ2v) is 23.0. The SMILES string of the molecule is C=C(CC(C)([CH2][Sn]([CH2]CCC)([CH2]CCC)[CH2]CCC)c1ccccc1)C(=O)OC. The van der Waals surface area contributed by atoms with E-state index in [2.05, 4.69) is 64.6 Å². The Morgan fingerprint density at radius 1 is 0.966 bits per heavy atom. The predicted octanol–water partition coefficient (Wildman–Crippen LogP) is 7.91. The molecule has 0 radical (unpaired) electrons. The quantitative estimate of drug-likeness (QED) is 0.137. The number of methoxy groups -OCH3 is 1. The van der Waals surface area contributed by atoms with Crippen LogP contribution >= 0.6 is 0 Å². The van der Waals surface area contributed by atoms with Gasteiger partial charge in [0.1, 0.15) is 0 Å². The summed E-state index contributed by atoms with van der Waals surface area (Å²) in [5.41, 5.74) is 1.94. The normalized spacial score (nSPS) is 13.7. The summed E-state index contributed by atoms with van der Waals surface area (Å²) in [5, 5.41) is 0. The van der Waals surface area contributed by atoms with Crippen LogP contribution in [0.4, 0.5) is 0 Å². The average Bonchev–Trinajstić information content (AvgIpc) is 2.74. The van der Waals surface area contributed by atoms with Gasteiger partial charge in [0.25, 0.3) is 0 Å². The molecule has 0 aliphatic heterocycles. The second kappa shape index (κ2) is 13.5. The zero-order valence-electron chi connectivity index (χ0n) is 19.7. The number of ether oxygens (including phenoxy) is 1. The number of unbranched alkanes of at least 4 members (excludes halogenated alkanes) is 3. The molecule has 1 unspecified atom stereocenters. The van der Waals surface area contributed by atoms with Crippen molar-refractivity contribution in [1.82, 2.24) is 0 Å². The molecule has 2 nitrogen and oxygen atoms in total. The fourth-order valence-corrected chi connectivity index (χ4v) is 23.7. The van der Waals surface area contributed by atoms with Crippen LogP contribution in [0.15, 0.2) is 42.5 Å². The van der Waals surface area contributed by atoms with Crippen LogP contribution in [0.2, 0.25) is 17.7 Å². The summed E-state index contributed by atoms with van der Waals surface area (Å²) < 4.78 is 10.8.